The van der Waals surface area contributed by atoms with E-state index in [4.69, 9.17) is 0 Å². The summed E-state index contributed by atoms with van der Waals surface area (Å²) in [5, 5.41) is 0. The van der Waals surface area contributed by atoms with Crippen molar-refractivity contribution in [3.8, 4) is 0 Å². The van der Waals surface area contributed by atoms with Crippen LogP contribution in [-0.2, 0) is 12.8 Å². The first-order chi connectivity index (χ1) is 10.3. The van der Waals surface area contributed by atoms with Crippen molar-refractivity contribution in [2.75, 3.05) is 0 Å². The summed E-state index contributed by atoms with van der Waals surface area (Å²) in [6.45, 7) is 2.24. The van der Waals surface area contributed by atoms with Crippen molar-refractivity contribution in [2.45, 2.75) is 49.8 Å². The molecule has 0 radical (unpaired) electrons. The normalized spacial score (nSPS) is 25.9. The molecule has 1 fully saturated rings. The predicted molar refractivity (Wildman–Crippen MR) is 96.6 cm³/mol. The first-order valence-electron chi connectivity index (χ1n) is 8.03. The van der Waals surface area contributed by atoms with Crippen molar-refractivity contribution < 1.29 is 0 Å². The third-order valence-electron chi connectivity index (χ3n) is 4.69. The van der Waals surface area contributed by atoms with Gasteiger partial charge >= 0.3 is 0 Å². The van der Waals surface area contributed by atoms with E-state index >= 15 is 0 Å². The van der Waals surface area contributed by atoms with E-state index in [0.29, 0.717) is 4.83 Å². The van der Waals surface area contributed by atoms with Crippen LogP contribution in [0.25, 0.3) is 0 Å². The monoisotopic (exact) mass is 362 g/mol. The molecule has 0 saturated heterocycles. The molecule has 3 unspecified atom stereocenters. The van der Waals surface area contributed by atoms with Gasteiger partial charge in [-0.3, -0.25) is 0 Å². The van der Waals surface area contributed by atoms with Gasteiger partial charge < -0.3 is 0 Å². The molecule has 0 N–H and O–H groups in total. The molecule has 0 bridgehead atoms. The molecule has 0 aliphatic heterocycles. The molecule has 112 valence electrons. The predicted octanol–water partition coefficient (Wildman–Crippen LogP) is 6.20. The Balaban J connectivity index is 1.69. The Morgan fingerprint density at radius 1 is 1.05 bits per heavy atom. The number of thiophene rings is 1. The SMILES string of the molecule is CCc1ccc(CC2CC(c3ccccc3)CCC2Br)s1. The van der Waals surface area contributed by atoms with Gasteiger partial charge in [0, 0.05) is 14.6 Å². The van der Waals surface area contributed by atoms with Crippen molar-refractivity contribution >= 4 is 27.3 Å². The van der Waals surface area contributed by atoms with Gasteiger partial charge in [0.1, 0.15) is 0 Å². The molecular formula is C19H23BrS. The fraction of sp³-hybridized carbons (Fsp3) is 0.474. The van der Waals surface area contributed by atoms with E-state index in [9.17, 15) is 0 Å². The number of rotatable bonds is 4. The van der Waals surface area contributed by atoms with Crippen molar-refractivity contribution in [1.82, 2.24) is 0 Å². The molecule has 2 heteroatoms. The van der Waals surface area contributed by atoms with Crippen LogP contribution >= 0.6 is 27.3 Å². The summed E-state index contributed by atoms with van der Waals surface area (Å²) >= 11 is 5.95. The summed E-state index contributed by atoms with van der Waals surface area (Å²) in [7, 11) is 0. The van der Waals surface area contributed by atoms with Gasteiger partial charge in [0.15, 0.2) is 0 Å². The van der Waals surface area contributed by atoms with Gasteiger partial charge in [-0.05, 0) is 61.6 Å². The third kappa shape index (κ3) is 3.78. The second kappa shape index (κ2) is 7.11. The Kier molecular flexibility index (Phi) is 5.18. The number of halogens is 1. The molecule has 3 rings (SSSR count). The van der Waals surface area contributed by atoms with E-state index in [-0.39, 0.29) is 0 Å². The lowest BCUT2D eigenvalue weighted by Crippen LogP contribution is -2.25. The maximum Gasteiger partial charge on any atom is 0.0178 e. The minimum absolute atomic E-state index is 0.685. The van der Waals surface area contributed by atoms with Crippen LogP contribution in [0.3, 0.4) is 0 Å². The van der Waals surface area contributed by atoms with Crippen LogP contribution in [0, 0.1) is 5.92 Å². The number of benzene rings is 1. The largest absolute Gasteiger partial charge is 0.145 e. The number of hydrogen-bond acceptors (Lipinski definition) is 1. The molecule has 2 aromatic rings. The maximum atomic E-state index is 3.94. The van der Waals surface area contributed by atoms with E-state index in [2.05, 4.69) is 65.3 Å². The number of alkyl halides is 1. The fourth-order valence-electron chi connectivity index (χ4n) is 3.45. The van der Waals surface area contributed by atoms with E-state index < -0.39 is 0 Å². The molecular weight excluding hydrogens is 340 g/mol. The Hall–Kier alpha value is -0.600. The second-order valence-corrected chi connectivity index (χ2v) is 8.55. The lowest BCUT2D eigenvalue weighted by Gasteiger charge is -2.33. The quantitative estimate of drug-likeness (QED) is 0.567. The third-order valence-corrected chi connectivity index (χ3v) is 7.15. The Morgan fingerprint density at radius 2 is 1.81 bits per heavy atom. The van der Waals surface area contributed by atoms with Crippen LogP contribution in [-0.4, -0.2) is 4.83 Å². The van der Waals surface area contributed by atoms with Gasteiger partial charge in [-0.15, -0.1) is 11.3 Å². The standard InChI is InChI=1S/C19H23BrS/c1-2-17-9-10-18(21-17)13-16-12-15(8-11-19(16)20)14-6-4-3-5-7-14/h3-7,9-10,15-16,19H,2,8,11-13H2,1H3. The van der Waals surface area contributed by atoms with Gasteiger partial charge in [0.25, 0.3) is 0 Å². The second-order valence-electron chi connectivity index (χ2n) is 6.12. The van der Waals surface area contributed by atoms with Gasteiger partial charge in [-0.1, -0.05) is 53.2 Å². The van der Waals surface area contributed by atoms with Gasteiger partial charge in [0.2, 0.25) is 0 Å². The Labute approximate surface area is 140 Å². The molecule has 1 aromatic heterocycles. The molecule has 0 nitrogen and oxygen atoms in total. The minimum atomic E-state index is 0.685. The summed E-state index contributed by atoms with van der Waals surface area (Å²) in [6.07, 6.45) is 6.35. The lowest BCUT2D eigenvalue weighted by molar-refractivity contribution is 0.336. The van der Waals surface area contributed by atoms with Crippen molar-refractivity contribution in [3.63, 3.8) is 0 Å². The highest BCUT2D eigenvalue weighted by atomic mass is 79.9. The Bertz CT molecular complexity index is 560. The molecule has 1 aliphatic rings. The lowest BCUT2D eigenvalue weighted by atomic mass is 9.76. The topological polar surface area (TPSA) is 0 Å². The van der Waals surface area contributed by atoms with E-state index in [0.717, 1.165) is 11.8 Å². The zero-order valence-electron chi connectivity index (χ0n) is 12.6. The molecule has 1 aromatic carbocycles. The van der Waals surface area contributed by atoms with Crippen LogP contribution in [0.4, 0.5) is 0 Å². The summed E-state index contributed by atoms with van der Waals surface area (Å²) < 4.78 is 0. The highest BCUT2D eigenvalue weighted by Gasteiger charge is 2.29. The van der Waals surface area contributed by atoms with Crippen LogP contribution < -0.4 is 0 Å². The van der Waals surface area contributed by atoms with Crippen LogP contribution in [0.15, 0.2) is 42.5 Å². The van der Waals surface area contributed by atoms with Gasteiger partial charge in [0.05, 0.1) is 0 Å². The molecule has 0 spiro atoms. The van der Waals surface area contributed by atoms with E-state index in [1.165, 1.54) is 42.5 Å². The minimum Gasteiger partial charge on any atom is -0.145 e. The summed E-state index contributed by atoms with van der Waals surface area (Å²) in [4.78, 5) is 3.77. The van der Waals surface area contributed by atoms with Gasteiger partial charge in [-0.25, -0.2) is 0 Å². The molecule has 21 heavy (non-hydrogen) atoms. The van der Waals surface area contributed by atoms with Crippen LogP contribution in [0.1, 0.15) is 47.4 Å². The average molecular weight is 363 g/mol. The Morgan fingerprint density at radius 3 is 2.52 bits per heavy atom. The van der Waals surface area contributed by atoms with Crippen molar-refractivity contribution in [2.24, 2.45) is 5.92 Å². The average Bonchev–Trinajstić information content (AvgIpc) is 2.98. The van der Waals surface area contributed by atoms with Crippen LogP contribution in [0.2, 0.25) is 0 Å². The summed E-state index contributed by atoms with van der Waals surface area (Å²) in [5.41, 5.74) is 1.53. The number of hydrogen-bond donors (Lipinski definition) is 0. The van der Waals surface area contributed by atoms with E-state index in [1.807, 2.05) is 11.3 Å². The zero-order valence-corrected chi connectivity index (χ0v) is 15.0. The summed E-state index contributed by atoms with van der Waals surface area (Å²) in [6, 6.07) is 15.7. The number of aryl methyl sites for hydroxylation is 1. The first-order valence-corrected chi connectivity index (χ1v) is 9.76. The highest BCUT2D eigenvalue weighted by molar-refractivity contribution is 9.09. The maximum absolute atomic E-state index is 3.94. The zero-order chi connectivity index (χ0) is 14.7. The smallest absolute Gasteiger partial charge is 0.0178 e. The fourth-order valence-corrected chi connectivity index (χ4v) is 5.16. The first kappa shape index (κ1) is 15.3. The van der Waals surface area contributed by atoms with Gasteiger partial charge in [-0.2, -0.15) is 0 Å². The van der Waals surface area contributed by atoms with Crippen molar-refractivity contribution in [3.05, 3.63) is 57.8 Å². The molecule has 0 amide bonds. The summed E-state index contributed by atoms with van der Waals surface area (Å²) in [5.74, 6) is 1.52. The molecule has 1 heterocycles. The van der Waals surface area contributed by atoms with E-state index in [1.54, 1.807) is 4.88 Å². The molecule has 1 aliphatic carbocycles. The van der Waals surface area contributed by atoms with Crippen molar-refractivity contribution in [1.29, 1.82) is 0 Å². The molecule has 1 saturated carbocycles. The molecule has 3 atom stereocenters. The highest BCUT2D eigenvalue weighted by Crippen LogP contribution is 2.41. The van der Waals surface area contributed by atoms with Crippen LogP contribution in [0.5, 0.6) is 0 Å².